The highest BCUT2D eigenvalue weighted by atomic mass is 16.5. The molecule has 1 amide bonds. The van der Waals surface area contributed by atoms with Crippen molar-refractivity contribution >= 4 is 5.91 Å². The van der Waals surface area contributed by atoms with Crippen LogP contribution in [0.4, 0.5) is 0 Å². The minimum atomic E-state index is 0.0953. The summed E-state index contributed by atoms with van der Waals surface area (Å²) in [4.78, 5) is 17.4. The van der Waals surface area contributed by atoms with Crippen molar-refractivity contribution in [2.45, 2.75) is 51.8 Å². The van der Waals surface area contributed by atoms with Crippen LogP contribution in [0.3, 0.4) is 0 Å². The second-order valence-electron chi connectivity index (χ2n) is 8.67. The zero-order valence-electron chi connectivity index (χ0n) is 17.9. The minimum Gasteiger partial charge on any atom is -0.487 e. The van der Waals surface area contributed by atoms with Crippen LogP contribution >= 0.6 is 0 Å². The molecule has 156 valence electrons. The molecule has 29 heavy (non-hydrogen) atoms. The number of aryl methyl sites for hydroxylation is 2. The lowest BCUT2D eigenvalue weighted by molar-refractivity contribution is -0.0983. The molecule has 6 nitrogen and oxygen atoms in total. The highest BCUT2D eigenvalue weighted by molar-refractivity contribution is 5.92. The molecule has 2 saturated heterocycles. The third-order valence-electron chi connectivity index (χ3n) is 6.38. The zero-order chi connectivity index (χ0) is 20.5. The highest BCUT2D eigenvalue weighted by Crippen LogP contribution is 2.36. The molecule has 0 saturated carbocycles. The number of para-hydroxylation sites is 1. The van der Waals surface area contributed by atoms with Crippen LogP contribution in [0.1, 0.15) is 42.9 Å². The lowest BCUT2D eigenvalue weighted by Crippen LogP contribution is -2.68. The molecular formula is C23H32N4O2. The number of likely N-dealkylation sites (tertiary alicyclic amines) is 2. The number of benzene rings is 1. The van der Waals surface area contributed by atoms with E-state index in [0.717, 1.165) is 43.9 Å². The summed E-state index contributed by atoms with van der Waals surface area (Å²) in [6.45, 7) is 9.02. The number of carbonyl (C=O) groups is 1. The molecule has 1 aromatic carbocycles. The van der Waals surface area contributed by atoms with Crippen LogP contribution in [-0.2, 0) is 7.05 Å². The zero-order valence-corrected chi connectivity index (χ0v) is 17.9. The van der Waals surface area contributed by atoms with E-state index in [1.165, 1.54) is 0 Å². The Morgan fingerprint density at radius 3 is 2.45 bits per heavy atom. The summed E-state index contributed by atoms with van der Waals surface area (Å²) in [7, 11) is 1.84. The summed E-state index contributed by atoms with van der Waals surface area (Å²) >= 11 is 0. The van der Waals surface area contributed by atoms with E-state index in [1.54, 1.807) is 4.68 Å². The van der Waals surface area contributed by atoms with Crippen LogP contribution in [0.2, 0.25) is 0 Å². The molecule has 0 radical (unpaired) electrons. The van der Waals surface area contributed by atoms with Gasteiger partial charge in [0.2, 0.25) is 0 Å². The van der Waals surface area contributed by atoms with Crippen molar-refractivity contribution in [3.63, 3.8) is 0 Å². The maximum atomic E-state index is 12.9. The van der Waals surface area contributed by atoms with E-state index in [2.05, 4.69) is 23.8 Å². The highest BCUT2D eigenvalue weighted by Gasteiger charge is 2.47. The van der Waals surface area contributed by atoms with Gasteiger partial charge >= 0.3 is 0 Å². The topological polar surface area (TPSA) is 50.6 Å². The Bertz CT molecular complexity index is 840. The van der Waals surface area contributed by atoms with E-state index in [4.69, 9.17) is 4.74 Å². The number of hydrogen-bond donors (Lipinski definition) is 0. The number of aromatic nitrogens is 2. The first kappa shape index (κ1) is 20.0. The fraction of sp³-hybridized carbons (Fsp3) is 0.565. The Morgan fingerprint density at radius 1 is 1.17 bits per heavy atom. The summed E-state index contributed by atoms with van der Waals surface area (Å²) in [5, 5.41) is 4.32. The molecule has 4 rings (SSSR count). The number of piperidine rings is 1. The molecule has 1 aromatic heterocycles. The summed E-state index contributed by atoms with van der Waals surface area (Å²) < 4.78 is 8.02. The van der Waals surface area contributed by atoms with E-state index in [9.17, 15) is 4.79 Å². The predicted octanol–water partition coefficient (Wildman–Crippen LogP) is 3.12. The van der Waals surface area contributed by atoms with Gasteiger partial charge in [0.1, 0.15) is 17.5 Å². The van der Waals surface area contributed by atoms with Gasteiger partial charge in [-0.2, -0.15) is 5.10 Å². The van der Waals surface area contributed by atoms with Gasteiger partial charge < -0.3 is 9.64 Å². The van der Waals surface area contributed by atoms with Crippen molar-refractivity contribution in [1.29, 1.82) is 0 Å². The van der Waals surface area contributed by atoms with Crippen LogP contribution in [0.25, 0.3) is 0 Å². The van der Waals surface area contributed by atoms with Gasteiger partial charge in [-0.05, 0) is 57.7 Å². The second-order valence-corrected chi connectivity index (χ2v) is 8.67. The first-order valence-electron chi connectivity index (χ1n) is 10.7. The maximum Gasteiger partial charge on any atom is 0.272 e. The molecule has 6 heteroatoms. The molecule has 0 spiro atoms. The quantitative estimate of drug-likeness (QED) is 0.779. The smallest absolute Gasteiger partial charge is 0.272 e. The number of nitrogens with zero attached hydrogens (tertiary/aromatic N) is 4. The molecule has 2 aliphatic rings. The van der Waals surface area contributed by atoms with Crippen molar-refractivity contribution in [3.05, 3.63) is 47.8 Å². The minimum absolute atomic E-state index is 0.0953. The Hall–Kier alpha value is -2.34. The molecule has 2 atom stereocenters. The Balaban J connectivity index is 1.40. The molecule has 0 unspecified atom stereocenters. The van der Waals surface area contributed by atoms with Crippen molar-refractivity contribution in [1.82, 2.24) is 19.6 Å². The molecule has 0 N–H and O–H groups in total. The average Bonchev–Trinajstić information content (AvgIpc) is 3.03. The summed E-state index contributed by atoms with van der Waals surface area (Å²) in [6, 6.07) is 12.9. The molecule has 2 fully saturated rings. The van der Waals surface area contributed by atoms with Gasteiger partial charge in [0.25, 0.3) is 5.91 Å². The SMILES string of the molecule is Cc1cc(C(=O)N2CCC([C@H]3[C@@H](Oc4ccccc4)CN3C(C)C)CC2)n(C)n1. The summed E-state index contributed by atoms with van der Waals surface area (Å²) in [5.41, 5.74) is 1.56. The van der Waals surface area contributed by atoms with E-state index in [-0.39, 0.29) is 12.0 Å². The third-order valence-corrected chi connectivity index (χ3v) is 6.38. The molecule has 0 bridgehead atoms. The fourth-order valence-electron chi connectivity index (χ4n) is 4.84. The average molecular weight is 397 g/mol. The van der Waals surface area contributed by atoms with Gasteiger partial charge in [0.15, 0.2) is 0 Å². The van der Waals surface area contributed by atoms with E-state index >= 15 is 0 Å². The lowest BCUT2D eigenvalue weighted by atomic mass is 9.79. The van der Waals surface area contributed by atoms with Crippen molar-refractivity contribution in [3.8, 4) is 5.75 Å². The van der Waals surface area contributed by atoms with E-state index < -0.39 is 0 Å². The van der Waals surface area contributed by atoms with E-state index in [0.29, 0.717) is 23.7 Å². The Labute approximate surface area is 173 Å². The predicted molar refractivity (Wildman–Crippen MR) is 113 cm³/mol. The normalized spacial score (nSPS) is 23.3. The molecule has 3 heterocycles. The van der Waals surface area contributed by atoms with Crippen molar-refractivity contribution in [2.24, 2.45) is 13.0 Å². The van der Waals surface area contributed by atoms with Gasteiger partial charge in [-0.25, -0.2) is 0 Å². The van der Waals surface area contributed by atoms with Crippen LogP contribution in [-0.4, -0.2) is 63.3 Å². The number of ether oxygens (including phenoxy) is 1. The molecule has 0 aliphatic carbocycles. The third kappa shape index (κ3) is 4.04. The van der Waals surface area contributed by atoms with Crippen LogP contribution < -0.4 is 4.74 Å². The van der Waals surface area contributed by atoms with Gasteiger partial charge in [-0.1, -0.05) is 18.2 Å². The standard InChI is InChI=1S/C23H32N4O2/c1-16(2)27-15-21(29-19-8-6-5-7-9-19)22(27)18-10-12-26(13-11-18)23(28)20-14-17(3)24-25(20)4/h5-9,14,16,18,21-22H,10-13,15H2,1-4H3/t21-,22-/m0/s1. The lowest BCUT2D eigenvalue weighted by Gasteiger charge is -2.54. The number of carbonyl (C=O) groups excluding carboxylic acids is 1. The van der Waals surface area contributed by atoms with Crippen LogP contribution in [0.5, 0.6) is 5.75 Å². The summed E-state index contributed by atoms with van der Waals surface area (Å²) in [5.74, 6) is 1.60. The Morgan fingerprint density at radius 2 is 1.86 bits per heavy atom. The number of hydrogen-bond acceptors (Lipinski definition) is 4. The fourth-order valence-corrected chi connectivity index (χ4v) is 4.84. The molecule has 2 aromatic rings. The first-order chi connectivity index (χ1) is 13.9. The van der Waals surface area contributed by atoms with Crippen LogP contribution in [0.15, 0.2) is 36.4 Å². The number of amides is 1. The van der Waals surface area contributed by atoms with Crippen molar-refractivity contribution in [2.75, 3.05) is 19.6 Å². The van der Waals surface area contributed by atoms with Gasteiger partial charge in [-0.15, -0.1) is 0 Å². The van der Waals surface area contributed by atoms with Gasteiger partial charge in [-0.3, -0.25) is 14.4 Å². The summed E-state index contributed by atoms with van der Waals surface area (Å²) in [6.07, 6.45) is 2.27. The number of rotatable bonds is 5. The van der Waals surface area contributed by atoms with Gasteiger partial charge in [0.05, 0.1) is 11.7 Å². The Kier molecular flexibility index (Phi) is 5.63. The molecule has 2 aliphatic heterocycles. The first-order valence-corrected chi connectivity index (χ1v) is 10.7. The van der Waals surface area contributed by atoms with Crippen LogP contribution in [0, 0.1) is 12.8 Å². The second kappa shape index (κ2) is 8.19. The maximum absolute atomic E-state index is 12.9. The largest absolute Gasteiger partial charge is 0.487 e. The molecular weight excluding hydrogens is 364 g/mol. The monoisotopic (exact) mass is 396 g/mol. The van der Waals surface area contributed by atoms with Crippen molar-refractivity contribution < 1.29 is 9.53 Å². The van der Waals surface area contributed by atoms with E-state index in [1.807, 2.05) is 55.3 Å². The van der Waals surface area contributed by atoms with Gasteiger partial charge in [0, 0.05) is 32.7 Å².